The molecule has 8 nitrogen and oxygen atoms in total. The van der Waals surface area contributed by atoms with Gasteiger partial charge < -0.3 is 14.8 Å². The van der Waals surface area contributed by atoms with Gasteiger partial charge in [0.2, 0.25) is 0 Å². The Labute approximate surface area is 155 Å². The van der Waals surface area contributed by atoms with Crippen LogP contribution in [0.15, 0.2) is 42.5 Å². The molecule has 0 saturated carbocycles. The second-order valence-corrected chi connectivity index (χ2v) is 5.39. The first-order chi connectivity index (χ1) is 12.5. The van der Waals surface area contributed by atoms with Crippen LogP contribution in [0.5, 0.6) is 11.5 Å². The number of carbonyl (C=O) groups is 1. The van der Waals surface area contributed by atoms with Crippen molar-refractivity contribution in [3.63, 3.8) is 0 Å². The molecule has 0 unspecified atom stereocenters. The molecule has 0 radical (unpaired) electrons. The number of amides is 1. The number of non-ortho nitro benzene ring substituents is 1. The molecule has 0 heterocycles. The van der Waals surface area contributed by atoms with Gasteiger partial charge in [0.05, 0.1) is 29.9 Å². The van der Waals surface area contributed by atoms with Crippen LogP contribution in [0, 0.1) is 10.1 Å². The van der Waals surface area contributed by atoms with E-state index in [1.54, 1.807) is 24.3 Å². The molecule has 0 atom stereocenters. The molecule has 0 aliphatic rings. The Balaban J connectivity index is 2.15. The highest BCUT2D eigenvalue weighted by atomic mass is 32.1. The minimum Gasteiger partial charge on any atom is -0.495 e. The van der Waals surface area contributed by atoms with Crippen molar-refractivity contribution in [3.05, 3.63) is 58.1 Å². The monoisotopic (exact) mass is 375 g/mol. The number of nitro benzene ring substituents is 1. The summed E-state index contributed by atoms with van der Waals surface area (Å²) in [6, 6.07) is 10.8. The molecule has 2 aromatic carbocycles. The van der Waals surface area contributed by atoms with Crippen molar-refractivity contribution in [3.8, 4) is 11.5 Å². The number of nitrogens with zero attached hydrogens (tertiary/aromatic N) is 1. The van der Waals surface area contributed by atoms with Gasteiger partial charge in [-0.05, 0) is 37.3 Å². The molecule has 0 aliphatic carbocycles. The van der Waals surface area contributed by atoms with Gasteiger partial charge >= 0.3 is 0 Å². The molecule has 1 amide bonds. The largest absolute Gasteiger partial charge is 0.495 e. The van der Waals surface area contributed by atoms with Crippen molar-refractivity contribution in [2.75, 3.05) is 19.0 Å². The fourth-order valence-corrected chi connectivity index (χ4v) is 2.37. The number of methoxy groups -OCH3 is 1. The van der Waals surface area contributed by atoms with E-state index in [-0.39, 0.29) is 16.5 Å². The van der Waals surface area contributed by atoms with Gasteiger partial charge in [-0.2, -0.15) is 0 Å². The van der Waals surface area contributed by atoms with Crippen LogP contribution in [-0.4, -0.2) is 29.7 Å². The number of nitrogens with one attached hydrogen (secondary N) is 2. The third kappa shape index (κ3) is 4.67. The summed E-state index contributed by atoms with van der Waals surface area (Å²) in [4.78, 5) is 22.8. The van der Waals surface area contributed by atoms with Crippen LogP contribution < -0.4 is 20.1 Å². The average molecular weight is 375 g/mol. The Morgan fingerprint density at radius 1 is 1.23 bits per heavy atom. The van der Waals surface area contributed by atoms with E-state index in [0.29, 0.717) is 23.7 Å². The highest BCUT2D eigenvalue weighted by Crippen LogP contribution is 2.28. The number of nitro groups is 1. The molecule has 26 heavy (non-hydrogen) atoms. The van der Waals surface area contributed by atoms with Gasteiger partial charge in [0.15, 0.2) is 5.11 Å². The third-order valence-corrected chi connectivity index (χ3v) is 3.50. The van der Waals surface area contributed by atoms with Crippen molar-refractivity contribution in [2.45, 2.75) is 6.92 Å². The maximum absolute atomic E-state index is 12.4. The van der Waals surface area contributed by atoms with Crippen LogP contribution in [-0.2, 0) is 0 Å². The Morgan fingerprint density at radius 2 is 1.96 bits per heavy atom. The first-order valence-corrected chi connectivity index (χ1v) is 8.03. The number of hydrogen-bond acceptors (Lipinski definition) is 6. The van der Waals surface area contributed by atoms with E-state index in [9.17, 15) is 14.9 Å². The number of rotatable bonds is 6. The molecule has 0 saturated heterocycles. The molecule has 2 N–H and O–H groups in total. The first kappa shape index (κ1) is 19.1. The minimum atomic E-state index is -0.537. The molecule has 0 spiro atoms. The van der Waals surface area contributed by atoms with Crippen molar-refractivity contribution < 1.29 is 19.2 Å². The maximum atomic E-state index is 12.4. The lowest BCUT2D eigenvalue weighted by atomic mass is 10.2. The van der Waals surface area contributed by atoms with Gasteiger partial charge in [-0.25, -0.2) is 0 Å². The van der Waals surface area contributed by atoms with E-state index < -0.39 is 10.8 Å². The summed E-state index contributed by atoms with van der Waals surface area (Å²) in [6.07, 6.45) is 0. The molecule has 9 heteroatoms. The van der Waals surface area contributed by atoms with Gasteiger partial charge in [0.1, 0.15) is 11.5 Å². The number of benzene rings is 2. The molecule has 2 aromatic rings. The van der Waals surface area contributed by atoms with E-state index in [0.717, 1.165) is 0 Å². The molecule has 0 aromatic heterocycles. The van der Waals surface area contributed by atoms with Crippen LogP contribution in [0.1, 0.15) is 17.3 Å². The average Bonchev–Trinajstić information content (AvgIpc) is 2.62. The lowest BCUT2D eigenvalue weighted by Crippen LogP contribution is -2.34. The zero-order chi connectivity index (χ0) is 19.1. The van der Waals surface area contributed by atoms with E-state index >= 15 is 0 Å². The van der Waals surface area contributed by atoms with Gasteiger partial charge in [-0.3, -0.25) is 20.2 Å². The predicted octanol–water partition coefficient (Wildman–Crippen LogP) is 3.13. The van der Waals surface area contributed by atoms with E-state index in [2.05, 4.69) is 10.6 Å². The topological polar surface area (TPSA) is 103 Å². The van der Waals surface area contributed by atoms with Crippen LogP contribution in [0.2, 0.25) is 0 Å². The summed E-state index contributed by atoms with van der Waals surface area (Å²) < 4.78 is 10.6. The summed E-state index contributed by atoms with van der Waals surface area (Å²) in [7, 11) is 1.42. The molecule has 0 bridgehead atoms. The minimum absolute atomic E-state index is 0.0277. The van der Waals surface area contributed by atoms with Crippen molar-refractivity contribution >= 4 is 34.6 Å². The van der Waals surface area contributed by atoms with Gasteiger partial charge in [-0.15, -0.1) is 0 Å². The highest BCUT2D eigenvalue weighted by molar-refractivity contribution is 7.80. The van der Waals surface area contributed by atoms with E-state index in [1.807, 2.05) is 6.92 Å². The molecular weight excluding hydrogens is 358 g/mol. The summed E-state index contributed by atoms with van der Waals surface area (Å²) in [5, 5.41) is 16.2. The van der Waals surface area contributed by atoms with Crippen molar-refractivity contribution in [1.29, 1.82) is 0 Å². The van der Waals surface area contributed by atoms with E-state index in [4.69, 9.17) is 21.7 Å². The molecular formula is C17H17N3O5S. The molecule has 2 rings (SSSR count). The number of ether oxygens (including phenoxy) is 2. The Morgan fingerprint density at radius 3 is 2.62 bits per heavy atom. The standard InChI is InChI=1S/C17H17N3O5S/c1-3-25-14-7-5-4-6-12(14)16(21)19-17(26)18-13-10-11(20(22)23)8-9-15(13)24-2/h4-10H,3H2,1-2H3,(H2,18,19,21,26). The van der Waals surface area contributed by atoms with Gasteiger partial charge in [0, 0.05) is 12.1 Å². The number of anilines is 1. The van der Waals surface area contributed by atoms with Crippen molar-refractivity contribution in [1.82, 2.24) is 5.32 Å². The van der Waals surface area contributed by atoms with Crippen molar-refractivity contribution in [2.24, 2.45) is 0 Å². The van der Waals surface area contributed by atoms with Gasteiger partial charge in [0.25, 0.3) is 11.6 Å². The summed E-state index contributed by atoms with van der Waals surface area (Å²) >= 11 is 5.13. The quantitative estimate of drug-likeness (QED) is 0.454. The summed E-state index contributed by atoms with van der Waals surface area (Å²) in [5.41, 5.74) is 0.457. The van der Waals surface area contributed by atoms with Crippen LogP contribution in [0.3, 0.4) is 0 Å². The third-order valence-electron chi connectivity index (χ3n) is 3.30. The fraction of sp³-hybridized carbons (Fsp3) is 0.176. The lowest BCUT2D eigenvalue weighted by molar-refractivity contribution is -0.384. The molecule has 136 valence electrons. The lowest BCUT2D eigenvalue weighted by Gasteiger charge is -2.14. The smallest absolute Gasteiger partial charge is 0.271 e. The zero-order valence-corrected chi connectivity index (χ0v) is 15.0. The number of carbonyl (C=O) groups excluding carboxylic acids is 1. The Hall–Kier alpha value is -3.20. The van der Waals surface area contributed by atoms with Crippen LogP contribution in [0.25, 0.3) is 0 Å². The second-order valence-electron chi connectivity index (χ2n) is 4.98. The Kier molecular flexibility index (Phi) is 6.45. The predicted molar refractivity (Wildman–Crippen MR) is 101 cm³/mol. The Bertz CT molecular complexity index is 841. The first-order valence-electron chi connectivity index (χ1n) is 7.62. The maximum Gasteiger partial charge on any atom is 0.271 e. The van der Waals surface area contributed by atoms with Crippen LogP contribution in [0.4, 0.5) is 11.4 Å². The molecule has 0 fully saturated rings. The number of para-hydroxylation sites is 1. The van der Waals surface area contributed by atoms with E-state index in [1.165, 1.54) is 25.3 Å². The highest BCUT2D eigenvalue weighted by Gasteiger charge is 2.16. The second kappa shape index (κ2) is 8.77. The molecule has 0 aliphatic heterocycles. The van der Waals surface area contributed by atoms with Crippen LogP contribution >= 0.6 is 12.2 Å². The van der Waals surface area contributed by atoms with Gasteiger partial charge in [-0.1, -0.05) is 12.1 Å². The SMILES string of the molecule is CCOc1ccccc1C(=O)NC(=S)Nc1cc([N+](=O)[O-])ccc1OC. The fourth-order valence-electron chi connectivity index (χ4n) is 2.17. The number of thiocarbonyl (C=S) groups is 1. The normalized spacial score (nSPS) is 9.92. The summed E-state index contributed by atoms with van der Waals surface area (Å²) in [5.74, 6) is 0.320. The zero-order valence-electron chi connectivity index (χ0n) is 14.1. The number of hydrogen-bond donors (Lipinski definition) is 2. The summed E-state index contributed by atoms with van der Waals surface area (Å²) in [6.45, 7) is 2.23.